The van der Waals surface area contributed by atoms with Crippen LogP contribution in [0.1, 0.15) is 35.4 Å². The van der Waals surface area contributed by atoms with Crippen LogP contribution in [0.2, 0.25) is 0 Å². The van der Waals surface area contributed by atoms with Crippen molar-refractivity contribution in [3.8, 4) is 11.5 Å². The van der Waals surface area contributed by atoms with E-state index in [0.717, 1.165) is 35.3 Å². The van der Waals surface area contributed by atoms with Crippen LogP contribution in [0.3, 0.4) is 0 Å². The number of ether oxygens (including phenoxy) is 2. The molecule has 0 aliphatic carbocycles. The molecule has 1 aliphatic rings. The fourth-order valence-electron chi connectivity index (χ4n) is 3.95. The highest BCUT2D eigenvalue weighted by molar-refractivity contribution is 5.94. The van der Waals surface area contributed by atoms with Crippen molar-refractivity contribution in [1.82, 2.24) is 20.7 Å². The number of aryl methyl sites for hydroxylation is 1. The molecule has 7 heteroatoms. The minimum absolute atomic E-state index is 0.0719. The van der Waals surface area contributed by atoms with Crippen molar-refractivity contribution >= 4 is 16.8 Å². The topological polar surface area (TPSA) is 76.6 Å². The third kappa shape index (κ3) is 3.66. The lowest BCUT2D eigenvalue weighted by molar-refractivity contribution is 0.0932. The Morgan fingerprint density at radius 3 is 2.72 bits per heavy atom. The Morgan fingerprint density at radius 1 is 1.14 bits per heavy atom. The molecule has 29 heavy (non-hydrogen) atoms. The predicted octanol–water partition coefficient (Wildman–Crippen LogP) is 2.97. The summed E-state index contributed by atoms with van der Waals surface area (Å²) >= 11 is 0. The number of amides is 1. The molecule has 0 radical (unpaired) electrons. The number of hydrogen-bond donors (Lipinski definition) is 3. The molecule has 1 aliphatic heterocycles. The fraction of sp³-hybridized carbons (Fsp3) is 0.318. The quantitative estimate of drug-likeness (QED) is 0.599. The van der Waals surface area contributed by atoms with E-state index in [9.17, 15) is 4.79 Å². The first-order chi connectivity index (χ1) is 14.1. The van der Waals surface area contributed by atoms with Gasteiger partial charge in [0.1, 0.15) is 11.5 Å². The third-order valence-corrected chi connectivity index (χ3v) is 5.37. The second-order valence-electron chi connectivity index (χ2n) is 7.04. The van der Waals surface area contributed by atoms with Gasteiger partial charge >= 0.3 is 0 Å². The largest absolute Gasteiger partial charge is 0.497 e. The number of aromatic nitrogens is 1. The fourth-order valence-corrected chi connectivity index (χ4v) is 3.95. The molecule has 1 amide bonds. The summed E-state index contributed by atoms with van der Waals surface area (Å²) in [5.74, 6) is 1.39. The zero-order chi connectivity index (χ0) is 20.4. The Balaban J connectivity index is 1.52. The number of carbonyl (C=O) groups excluding carboxylic acids is 1. The van der Waals surface area contributed by atoms with Crippen LogP contribution in [0, 0.1) is 0 Å². The molecule has 3 N–H and O–H groups in total. The zero-order valence-electron chi connectivity index (χ0n) is 16.9. The average Bonchev–Trinajstić information content (AvgIpc) is 3.37. The van der Waals surface area contributed by atoms with Gasteiger partial charge in [0.2, 0.25) is 0 Å². The van der Waals surface area contributed by atoms with Crippen LogP contribution < -0.4 is 25.6 Å². The smallest absolute Gasteiger partial charge is 0.252 e. The Morgan fingerprint density at radius 2 is 1.97 bits per heavy atom. The summed E-state index contributed by atoms with van der Waals surface area (Å²) in [5.41, 5.74) is 9.41. The van der Waals surface area contributed by atoms with Crippen molar-refractivity contribution in [1.29, 1.82) is 0 Å². The van der Waals surface area contributed by atoms with E-state index in [1.54, 1.807) is 26.4 Å². The van der Waals surface area contributed by atoms with E-state index in [1.807, 2.05) is 24.3 Å². The Labute approximate surface area is 170 Å². The molecule has 1 saturated heterocycles. The van der Waals surface area contributed by atoms with Crippen molar-refractivity contribution in [2.24, 2.45) is 0 Å². The molecule has 0 saturated carbocycles. The molecule has 2 heterocycles. The first-order valence-corrected chi connectivity index (χ1v) is 9.76. The highest BCUT2D eigenvalue weighted by atomic mass is 16.5. The number of rotatable bonds is 6. The predicted molar refractivity (Wildman–Crippen MR) is 112 cm³/mol. The van der Waals surface area contributed by atoms with Crippen LogP contribution in [0.5, 0.6) is 11.5 Å². The lowest BCUT2D eigenvalue weighted by Gasteiger charge is -2.14. The van der Waals surface area contributed by atoms with Gasteiger partial charge in [-0.25, -0.2) is 10.9 Å². The van der Waals surface area contributed by atoms with Gasteiger partial charge in [-0.1, -0.05) is 12.1 Å². The number of nitrogens with one attached hydrogen (secondary N) is 3. The maximum atomic E-state index is 12.6. The van der Waals surface area contributed by atoms with Crippen LogP contribution in [-0.2, 0) is 6.54 Å². The van der Waals surface area contributed by atoms with Gasteiger partial charge in [-0.05, 0) is 43.3 Å². The van der Waals surface area contributed by atoms with Crippen molar-refractivity contribution in [2.45, 2.75) is 32.1 Å². The van der Waals surface area contributed by atoms with Gasteiger partial charge in [-0.2, -0.15) is 0 Å². The molecule has 2 aromatic carbocycles. The van der Waals surface area contributed by atoms with Gasteiger partial charge in [0.25, 0.3) is 5.91 Å². The van der Waals surface area contributed by atoms with Gasteiger partial charge in [0.15, 0.2) is 0 Å². The van der Waals surface area contributed by atoms with E-state index in [4.69, 9.17) is 9.47 Å². The van der Waals surface area contributed by atoms with Crippen LogP contribution in [0.15, 0.2) is 48.5 Å². The van der Waals surface area contributed by atoms with Crippen molar-refractivity contribution < 1.29 is 14.3 Å². The number of fused-ring (bicyclic) bond motifs is 1. The SMILES string of the molecule is CCn1c(C2CC(NC(=O)c3cccc(OC)c3)NN2)cc2c(OC)cccc21. The van der Waals surface area contributed by atoms with Crippen LogP contribution in [-0.4, -0.2) is 30.9 Å². The summed E-state index contributed by atoms with van der Waals surface area (Å²) in [6.07, 6.45) is 0.554. The summed E-state index contributed by atoms with van der Waals surface area (Å²) in [6, 6.07) is 15.5. The molecular formula is C22H26N4O3. The molecular weight excluding hydrogens is 368 g/mol. The van der Waals surface area contributed by atoms with Gasteiger partial charge < -0.3 is 19.4 Å². The number of nitrogens with zero attached hydrogens (tertiary/aromatic N) is 1. The number of hydrazine groups is 1. The maximum Gasteiger partial charge on any atom is 0.252 e. The van der Waals surface area contributed by atoms with Crippen molar-refractivity contribution in [2.75, 3.05) is 14.2 Å². The van der Waals surface area contributed by atoms with Crippen LogP contribution in [0.25, 0.3) is 10.9 Å². The van der Waals surface area contributed by atoms with E-state index < -0.39 is 0 Å². The van der Waals surface area contributed by atoms with Crippen LogP contribution in [0.4, 0.5) is 0 Å². The lowest BCUT2D eigenvalue weighted by atomic mass is 10.1. The second kappa shape index (κ2) is 8.14. The molecule has 0 spiro atoms. The third-order valence-electron chi connectivity index (χ3n) is 5.37. The maximum absolute atomic E-state index is 12.6. The Hall–Kier alpha value is -3.03. The summed E-state index contributed by atoms with van der Waals surface area (Å²) < 4.78 is 13.0. The monoisotopic (exact) mass is 394 g/mol. The Bertz CT molecular complexity index is 1030. The van der Waals surface area contributed by atoms with E-state index in [1.165, 1.54) is 0 Å². The summed E-state index contributed by atoms with van der Waals surface area (Å²) in [5, 5.41) is 4.13. The molecule has 1 aromatic heterocycles. The molecule has 3 aromatic rings. The normalized spacial score (nSPS) is 18.7. The second-order valence-corrected chi connectivity index (χ2v) is 7.04. The first kappa shape index (κ1) is 19.3. The summed E-state index contributed by atoms with van der Waals surface area (Å²) in [7, 11) is 3.28. The van der Waals surface area contributed by atoms with Gasteiger partial charge in [-0.15, -0.1) is 0 Å². The van der Waals surface area contributed by atoms with Gasteiger partial charge in [0.05, 0.1) is 31.9 Å². The molecule has 4 rings (SSSR count). The number of hydrogen-bond acceptors (Lipinski definition) is 5. The molecule has 152 valence electrons. The van der Waals surface area contributed by atoms with Crippen LogP contribution >= 0.6 is 0 Å². The first-order valence-electron chi connectivity index (χ1n) is 9.76. The molecule has 2 atom stereocenters. The Kier molecular flexibility index (Phi) is 5.42. The van der Waals surface area contributed by atoms with Crippen molar-refractivity contribution in [3.63, 3.8) is 0 Å². The van der Waals surface area contributed by atoms with Gasteiger partial charge in [-0.3, -0.25) is 4.79 Å². The zero-order valence-corrected chi connectivity index (χ0v) is 16.9. The lowest BCUT2D eigenvalue weighted by Crippen LogP contribution is -2.44. The molecule has 2 unspecified atom stereocenters. The number of methoxy groups -OCH3 is 2. The van der Waals surface area contributed by atoms with Crippen molar-refractivity contribution in [3.05, 3.63) is 59.8 Å². The van der Waals surface area contributed by atoms with Gasteiger partial charge in [0, 0.05) is 29.6 Å². The summed E-state index contributed by atoms with van der Waals surface area (Å²) in [4.78, 5) is 12.6. The minimum Gasteiger partial charge on any atom is -0.497 e. The standard InChI is InChI=1S/C22H26N4O3/c1-4-26-18-9-6-10-20(29-3)16(18)12-19(26)17-13-21(25-24-17)23-22(27)14-7-5-8-15(11-14)28-2/h5-12,17,21,24-25H,4,13H2,1-3H3,(H,23,27). The number of carbonyl (C=O) groups is 1. The molecule has 0 bridgehead atoms. The molecule has 7 nitrogen and oxygen atoms in total. The molecule has 1 fully saturated rings. The minimum atomic E-state index is -0.177. The highest BCUT2D eigenvalue weighted by Gasteiger charge is 2.29. The van der Waals surface area contributed by atoms with E-state index in [-0.39, 0.29) is 18.1 Å². The van der Waals surface area contributed by atoms with E-state index >= 15 is 0 Å². The van der Waals surface area contributed by atoms with E-state index in [2.05, 4.69) is 39.8 Å². The number of benzene rings is 2. The average molecular weight is 394 g/mol. The highest BCUT2D eigenvalue weighted by Crippen LogP contribution is 2.33. The van der Waals surface area contributed by atoms with E-state index in [0.29, 0.717) is 11.3 Å². The summed E-state index contributed by atoms with van der Waals surface area (Å²) in [6.45, 7) is 2.98.